The van der Waals surface area contributed by atoms with Gasteiger partial charge in [-0.3, -0.25) is 19.9 Å². The van der Waals surface area contributed by atoms with Crippen LogP contribution in [0.25, 0.3) is 11.4 Å². The topological polar surface area (TPSA) is 92.6 Å². The lowest BCUT2D eigenvalue weighted by Gasteiger charge is -2.26. The number of benzene rings is 2. The first kappa shape index (κ1) is 27.2. The highest BCUT2D eigenvalue weighted by atomic mass is 35.5. The number of nitrogens with one attached hydrogen (secondary N) is 1. The molecule has 1 fully saturated rings. The van der Waals surface area contributed by atoms with E-state index >= 15 is 0 Å². The number of anilines is 1. The molecule has 0 atom stereocenters. The number of fused-ring (bicyclic) bond motifs is 1. The van der Waals surface area contributed by atoms with Gasteiger partial charge in [0.25, 0.3) is 0 Å². The lowest BCUT2D eigenvalue weighted by Crippen LogP contribution is -2.50. The van der Waals surface area contributed by atoms with Crippen molar-refractivity contribution in [2.75, 3.05) is 11.4 Å². The van der Waals surface area contributed by atoms with Gasteiger partial charge in [0.2, 0.25) is 11.8 Å². The normalized spacial score (nSPS) is 15.3. The molecule has 9 nitrogen and oxygen atoms in total. The van der Waals surface area contributed by atoms with Gasteiger partial charge in [-0.2, -0.15) is 0 Å². The van der Waals surface area contributed by atoms with Gasteiger partial charge in [-0.15, -0.1) is 0 Å². The van der Waals surface area contributed by atoms with Gasteiger partial charge in [-0.25, -0.2) is 19.2 Å². The summed E-state index contributed by atoms with van der Waals surface area (Å²) in [4.78, 5) is 36.6. The lowest BCUT2D eigenvalue weighted by molar-refractivity contribution is -0.120. The highest BCUT2D eigenvalue weighted by Crippen LogP contribution is 2.32. The molecule has 210 valence electrons. The fraction of sp³-hybridized carbons (Fsp3) is 0.241. The van der Waals surface area contributed by atoms with Gasteiger partial charge in [-0.1, -0.05) is 41.4 Å². The molecule has 4 aromatic rings. The van der Waals surface area contributed by atoms with Crippen LogP contribution in [0, 0.1) is 5.82 Å². The van der Waals surface area contributed by atoms with E-state index in [9.17, 15) is 14.0 Å². The number of imide groups is 1. The van der Waals surface area contributed by atoms with E-state index in [0.29, 0.717) is 23.9 Å². The first-order valence-corrected chi connectivity index (χ1v) is 13.7. The van der Waals surface area contributed by atoms with Crippen LogP contribution in [-0.2, 0) is 38.1 Å². The van der Waals surface area contributed by atoms with Gasteiger partial charge < -0.3 is 9.30 Å². The zero-order valence-corrected chi connectivity index (χ0v) is 23.5. The molecule has 0 aliphatic carbocycles. The van der Waals surface area contributed by atoms with Crippen molar-refractivity contribution in [2.24, 2.45) is 7.05 Å². The smallest absolute Gasteiger partial charge is 0.329 e. The van der Waals surface area contributed by atoms with Crippen LogP contribution in [0.15, 0.2) is 54.9 Å². The van der Waals surface area contributed by atoms with E-state index in [2.05, 4.69) is 32.3 Å². The van der Waals surface area contributed by atoms with Crippen LogP contribution >= 0.6 is 23.2 Å². The second kappa shape index (κ2) is 11.1. The lowest BCUT2D eigenvalue weighted by atomic mass is 10.1. The monoisotopic (exact) mass is 594 g/mol. The minimum absolute atomic E-state index is 0.0796. The van der Waals surface area contributed by atoms with Gasteiger partial charge in [0.1, 0.15) is 29.1 Å². The Kier molecular flexibility index (Phi) is 7.37. The summed E-state index contributed by atoms with van der Waals surface area (Å²) in [5.74, 6) is 0.851. The van der Waals surface area contributed by atoms with E-state index in [0.717, 1.165) is 30.0 Å². The van der Waals surface area contributed by atoms with Crippen LogP contribution in [0.4, 0.5) is 15.0 Å². The molecule has 1 N–H and O–H groups in total. The molecule has 2 aliphatic heterocycles. The summed E-state index contributed by atoms with van der Waals surface area (Å²) in [5, 5.41) is 2.97. The largest absolute Gasteiger partial charge is 0.472 e. The Labute approximate surface area is 245 Å². The second-order valence-electron chi connectivity index (χ2n) is 10.0. The number of carbonyl (C=O) groups is 2. The van der Waals surface area contributed by atoms with E-state index in [1.807, 2.05) is 17.7 Å². The van der Waals surface area contributed by atoms with Crippen LogP contribution in [-0.4, -0.2) is 37.9 Å². The Hall–Kier alpha value is -3.99. The molecular formula is C29H25Cl2FN6O3. The average molecular weight is 595 g/mol. The molecule has 0 bridgehead atoms. The minimum Gasteiger partial charge on any atom is -0.472 e. The van der Waals surface area contributed by atoms with E-state index in [1.165, 1.54) is 28.2 Å². The predicted octanol–water partition coefficient (Wildman–Crippen LogP) is 5.47. The number of hydrogen-bond acceptors (Lipinski definition) is 6. The molecule has 3 amide bonds. The Balaban J connectivity index is 1.11. The number of pyridine rings is 1. The molecule has 2 aromatic heterocycles. The summed E-state index contributed by atoms with van der Waals surface area (Å²) in [6.07, 6.45) is 3.61. The summed E-state index contributed by atoms with van der Waals surface area (Å²) < 4.78 is 21.6. The van der Waals surface area contributed by atoms with Gasteiger partial charge >= 0.3 is 6.03 Å². The molecule has 41 heavy (non-hydrogen) atoms. The Morgan fingerprint density at radius 1 is 1.02 bits per heavy atom. The molecule has 2 aromatic carbocycles. The number of carbonyl (C=O) groups excluding carboxylic acids is 2. The van der Waals surface area contributed by atoms with Crippen molar-refractivity contribution < 1.29 is 18.7 Å². The summed E-state index contributed by atoms with van der Waals surface area (Å²) in [7, 11) is 1.86. The number of rotatable bonds is 7. The third kappa shape index (κ3) is 5.50. The van der Waals surface area contributed by atoms with Crippen molar-refractivity contribution in [3.63, 3.8) is 0 Å². The molecule has 1 saturated heterocycles. The fourth-order valence-electron chi connectivity index (χ4n) is 5.14. The maximum Gasteiger partial charge on any atom is 0.329 e. The van der Waals surface area contributed by atoms with Crippen LogP contribution in [0.3, 0.4) is 0 Å². The van der Waals surface area contributed by atoms with Crippen LogP contribution in [0.2, 0.25) is 10.0 Å². The Bertz CT molecular complexity index is 1660. The standard InChI is InChI=1S/C29H25Cl2FN6O3/c1-36-26(38-8-7-25(39)35-29(38)40)12-33-27(36)18-5-6-19-14-37(15-20(19)10-18)13-17-9-23(31)28(34-11-17)41-16-21-22(30)3-2-4-24(21)32/h2-6,9-12H,7-8,13-16H2,1H3,(H,35,39,40). The first-order valence-electron chi connectivity index (χ1n) is 12.9. The van der Waals surface area contributed by atoms with Crippen molar-refractivity contribution in [3.8, 4) is 17.3 Å². The molecule has 12 heteroatoms. The molecule has 0 unspecified atom stereocenters. The second-order valence-corrected chi connectivity index (χ2v) is 10.8. The number of amides is 3. The molecule has 0 spiro atoms. The molecule has 6 rings (SSSR count). The van der Waals surface area contributed by atoms with Gasteiger partial charge in [0, 0.05) is 57.0 Å². The van der Waals surface area contributed by atoms with Crippen molar-refractivity contribution in [1.29, 1.82) is 0 Å². The van der Waals surface area contributed by atoms with Gasteiger partial charge in [0.15, 0.2) is 0 Å². The number of aromatic nitrogens is 3. The van der Waals surface area contributed by atoms with Gasteiger partial charge in [0.05, 0.1) is 11.2 Å². The van der Waals surface area contributed by atoms with E-state index in [-0.39, 0.29) is 35.4 Å². The average Bonchev–Trinajstić information content (AvgIpc) is 3.51. The molecule has 2 aliphatic rings. The Morgan fingerprint density at radius 3 is 2.63 bits per heavy atom. The van der Waals surface area contributed by atoms with Crippen molar-refractivity contribution in [3.05, 3.63) is 93.0 Å². The summed E-state index contributed by atoms with van der Waals surface area (Å²) in [6, 6.07) is 12.1. The highest BCUT2D eigenvalue weighted by Gasteiger charge is 2.28. The third-order valence-corrected chi connectivity index (χ3v) is 7.86. The van der Waals surface area contributed by atoms with E-state index in [4.69, 9.17) is 27.9 Å². The summed E-state index contributed by atoms with van der Waals surface area (Å²) in [5.41, 5.74) is 4.52. The number of ether oxygens (including phenoxy) is 1. The molecule has 0 saturated carbocycles. The zero-order valence-electron chi connectivity index (χ0n) is 22.0. The quantitative estimate of drug-likeness (QED) is 0.305. The predicted molar refractivity (Wildman–Crippen MR) is 152 cm³/mol. The fourth-order valence-corrected chi connectivity index (χ4v) is 5.61. The van der Waals surface area contributed by atoms with E-state index < -0.39 is 11.8 Å². The third-order valence-electron chi connectivity index (χ3n) is 7.23. The maximum atomic E-state index is 14.0. The SMILES string of the molecule is Cn1c(N2CCC(=O)NC2=O)cnc1-c1ccc2c(c1)CN(Cc1cnc(OCc3c(F)cccc3Cl)c(Cl)c1)C2. The summed E-state index contributed by atoms with van der Waals surface area (Å²) in [6.45, 7) is 2.37. The number of halogens is 3. The maximum absolute atomic E-state index is 14.0. The zero-order chi connectivity index (χ0) is 28.7. The van der Waals surface area contributed by atoms with Gasteiger partial charge in [-0.05, 0) is 41.0 Å². The number of imidazole rings is 1. The van der Waals surface area contributed by atoms with E-state index in [1.54, 1.807) is 24.5 Å². The van der Waals surface area contributed by atoms with Crippen molar-refractivity contribution >= 4 is 41.0 Å². The minimum atomic E-state index is -0.447. The van der Waals surface area contributed by atoms with Crippen molar-refractivity contribution in [2.45, 2.75) is 32.7 Å². The Morgan fingerprint density at radius 2 is 1.85 bits per heavy atom. The highest BCUT2D eigenvalue weighted by molar-refractivity contribution is 6.32. The van der Waals surface area contributed by atoms with Crippen molar-refractivity contribution in [1.82, 2.24) is 24.8 Å². The molecule has 0 radical (unpaired) electrons. The first-order chi connectivity index (χ1) is 19.8. The summed E-state index contributed by atoms with van der Waals surface area (Å²) >= 11 is 12.5. The number of hydrogen-bond donors (Lipinski definition) is 1. The molecular weight excluding hydrogens is 570 g/mol. The van der Waals surface area contributed by atoms with Crippen LogP contribution < -0.4 is 15.0 Å². The number of nitrogens with zero attached hydrogens (tertiary/aromatic N) is 5. The van der Waals surface area contributed by atoms with Crippen LogP contribution in [0.1, 0.15) is 28.7 Å². The van der Waals surface area contributed by atoms with Crippen LogP contribution in [0.5, 0.6) is 5.88 Å². The molecule has 4 heterocycles. The number of urea groups is 1.